The molecule has 0 saturated carbocycles. The average molecular weight is 934 g/mol. The van der Waals surface area contributed by atoms with Crippen LogP contribution in [-0.4, -0.2) is 143 Å². The van der Waals surface area contributed by atoms with Crippen molar-refractivity contribution in [3.63, 3.8) is 0 Å². The number of phosphoric acid groups is 3. The summed E-state index contributed by atoms with van der Waals surface area (Å²) >= 11 is 0. The molecule has 3 aliphatic rings. The molecule has 6 rings (SSSR count). The van der Waals surface area contributed by atoms with Gasteiger partial charge in [0.05, 0.1) is 19.8 Å². The lowest BCUT2D eigenvalue weighted by molar-refractivity contribution is -0.0679. The van der Waals surface area contributed by atoms with Crippen LogP contribution in [-0.2, 0) is 50.5 Å². The molecule has 31 nitrogen and oxygen atoms in total. The molecule has 3 aromatic rings. The van der Waals surface area contributed by atoms with E-state index in [1.165, 1.54) is 6.07 Å². The van der Waals surface area contributed by atoms with Gasteiger partial charge < -0.3 is 71.4 Å². The van der Waals surface area contributed by atoms with Crippen molar-refractivity contribution in [1.29, 1.82) is 0 Å². The highest BCUT2D eigenvalue weighted by Crippen LogP contribution is 2.52. The maximum absolute atomic E-state index is 13.3. The third-order valence-electron chi connectivity index (χ3n) is 9.06. The van der Waals surface area contributed by atoms with Crippen molar-refractivity contribution in [3.8, 4) is 0 Å². The number of phosphoric ester groups is 3. The van der Waals surface area contributed by atoms with Crippen LogP contribution in [0.4, 0.5) is 17.5 Å². The van der Waals surface area contributed by atoms with E-state index in [0.29, 0.717) is 9.13 Å². The monoisotopic (exact) mass is 933 g/mol. The number of aromatic nitrogens is 6. The summed E-state index contributed by atoms with van der Waals surface area (Å²) in [6.07, 6.45) is -19.2. The van der Waals surface area contributed by atoms with Gasteiger partial charge in [0.1, 0.15) is 72.4 Å². The Kier molecular flexibility index (Phi) is 13.8. The molecule has 3 aromatic heterocycles. The summed E-state index contributed by atoms with van der Waals surface area (Å²) in [6, 6.07) is 3.39. The highest BCUT2D eigenvalue weighted by molar-refractivity contribution is 7.47. The summed E-state index contributed by atoms with van der Waals surface area (Å²) in [5.41, 5.74) is 13.3. The van der Waals surface area contributed by atoms with Gasteiger partial charge in [0.2, 0.25) is 0 Å². The second-order valence-electron chi connectivity index (χ2n) is 13.2. The van der Waals surface area contributed by atoms with E-state index >= 15 is 0 Å². The molecule has 34 heteroatoms. The number of aliphatic hydroxyl groups excluding tert-OH is 4. The number of hydrogen-bond acceptors (Lipinski definition) is 24. The van der Waals surface area contributed by atoms with Crippen molar-refractivity contribution in [1.82, 2.24) is 28.7 Å². The van der Waals surface area contributed by atoms with E-state index in [1.807, 2.05) is 0 Å². The smallest absolute Gasteiger partial charge is 0.387 e. The molecule has 14 N–H and O–H groups in total. The minimum Gasteiger partial charge on any atom is -0.387 e. The number of rotatable bonds is 16. The SMILES string of the molecule is Nc1ccn([C@@H]2O[C@H](COP(=O)(O)O[C@@H]3[C@H](O)[C@@H](COP(=O)(O)O[C@@H]4[C@H](O)[C@@H](COP(=O)(O)O)O[C@H]4n4ccc(N)nc4=O)O[C@H]3n3ccc(N)nc3=O)[C@@H](O)[C@H]2O)c(=O)n1. The van der Waals surface area contributed by atoms with Gasteiger partial charge in [0, 0.05) is 18.6 Å². The highest BCUT2D eigenvalue weighted by atomic mass is 31.2. The number of nitrogens with zero attached hydrogens (tertiary/aromatic N) is 6. The standard InChI is InChI=1S/C27H38N9O22P3/c28-13-1-4-34(25(41)31-13)22-19(40)16(37)10(54-22)8-52-60(47,48)58-21-18(39)12(56-24(21)36-6-3-15(30)33-27(36)43)9-53-61(49,50)57-20-17(38)11(7-51-59(44,45)46)55-23(20)35-5-2-14(29)32-26(35)42/h1-6,10-12,16-24,37-40H,7-9H2,(H,47,48)(H,49,50)(H2,28,31,41)(H2,29,32,42)(H2,30,33,43)(H2,44,45,46)/t10-,11-,12-,16-,17-,18-,19-,20-,21-,22-,23-,24-/m1/s1. The molecule has 3 saturated heterocycles. The molecule has 0 radical (unpaired) electrons. The van der Waals surface area contributed by atoms with E-state index in [0.717, 1.165) is 35.3 Å². The molecular weight excluding hydrogens is 895 g/mol. The van der Waals surface area contributed by atoms with Gasteiger partial charge in [-0.25, -0.2) is 28.1 Å². The molecule has 0 spiro atoms. The van der Waals surface area contributed by atoms with E-state index in [1.54, 1.807) is 0 Å². The van der Waals surface area contributed by atoms with Crippen LogP contribution in [0.5, 0.6) is 0 Å². The molecule has 0 amide bonds. The molecule has 14 atom stereocenters. The van der Waals surface area contributed by atoms with Crippen LogP contribution in [0.2, 0.25) is 0 Å². The fourth-order valence-corrected chi connectivity index (χ4v) is 8.42. The fourth-order valence-electron chi connectivity index (χ4n) is 6.22. The zero-order valence-electron chi connectivity index (χ0n) is 30.6. The van der Waals surface area contributed by atoms with Gasteiger partial charge in [0.15, 0.2) is 18.7 Å². The molecular formula is C27H38N9O22P3. The van der Waals surface area contributed by atoms with Crippen LogP contribution in [0.3, 0.4) is 0 Å². The molecule has 0 bridgehead atoms. The Hall–Kier alpha value is -3.91. The highest BCUT2D eigenvalue weighted by Gasteiger charge is 2.53. The molecule has 0 aliphatic carbocycles. The fraction of sp³-hybridized carbons (Fsp3) is 0.556. The predicted molar refractivity (Wildman–Crippen MR) is 194 cm³/mol. The van der Waals surface area contributed by atoms with Crippen LogP contribution >= 0.6 is 23.5 Å². The molecule has 6 heterocycles. The van der Waals surface area contributed by atoms with Crippen molar-refractivity contribution in [2.24, 2.45) is 0 Å². The summed E-state index contributed by atoms with van der Waals surface area (Å²) in [5, 5.41) is 43.2. The second-order valence-corrected chi connectivity index (χ2v) is 17.3. The summed E-state index contributed by atoms with van der Waals surface area (Å²) in [4.78, 5) is 87.8. The van der Waals surface area contributed by atoms with Crippen molar-refractivity contribution < 1.29 is 90.5 Å². The number of hydrogen-bond donors (Lipinski definition) is 11. The molecule has 2 unspecified atom stereocenters. The first-order valence-electron chi connectivity index (χ1n) is 17.2. The Balaban J connectivity index is 1.16. The predicted octanol–water partition coefficient (Wildman–Crippen LogP) is -5.25. The summed E-state index contributed by atoms with van der Waals surface area (Å²) in [7, 11) is -16.1. The largest absolute Gasteiger partial charge is 0.472 e. The lowest BCUT2D eigenvalue weighted by Gasteiger charge is -2.25. The van der Waals surface area contributed by atoms with Crippen molar-refractivity contribution >= 4 is 40.9 Å². The Morgan fingerprint density at radius 2 is 0.869 bits per heavy atom. The number of anilines is 3. The van der Waals surface area contributed by atoms with E-state index in [2.05, 4.69) is 19.5 Å². The number of ether oxygens (including phenoxy) is 3. The minimum atomic E-state index is -5.50. The van der Waals surface area contributed by atoms with Gasteiger partial charge in [-0.3, -0.25) is 36.3 Å². The lowest BCUT2D eigenvalue weighted by atomic mass is 10.1. The van der Waals surface area contributed by atoms with Gasteiger partial charge in [0.25, 0.3) is 0 Å². The summed E-state index contributed by atoms with van der Waals surface area (Å²) in [5.74, 6) is -0.686. The molecule has 0 aromatic carbocycles. The van der Waals surface area contributed by atoms with E-state index < -0.39 is 134 Å². The average Bonchev–Trinajstić information content (AvgIpc) is 3.73. The van der Waals surface area contributed by atoms with Crippen LogP contribution in [0, 0.1) is 0 Å². The third-order valence-corrected chi connectivity index (χ3v) is 11.5. The number of nitrogen functional groups attached to an aromatic ring is 3. The van der Waals surface area contributed by atoms with Gasteiger partial charge >= 0.3 is 40.5 Å². The Bertz CT molecular complexity index is 2400. The van der Waals surface area contributed by atoms with E-state index in [4.69, 9.17) is 59.3 Å². The third kappa shape index (κ3) is 10.8. The zero-order valence-corrected chi connectivity index (χ0v) is 33.2. The van der Waals surface area contributed by atoms with Crippen molar-refractivity contribution in [2.75, 3.05) is 37.0 Å². The van der Waals surface area contributed by atoms with E-state index in [-0.39, 0.29) is 17.5 Å². The van der Waals surface area contributed by atoms with Gasteiger partial charge in [-0.05, 0) is 18.2 Å². The van der Waals surface area contributed by atoms with Crippen molar-refractivity contribution in [2.45, 2.75) is 73.6 Å². The van der Waals surface area contributed by atoms with E-state index in [9.17, 15) is 58.3 Å². The summed E-state index contributed by atoms with van der Waals surface area (Å²) in [6.45, 7) is -3.16. The van der Waals surface area contributed by atoms with Crippen molar-refractivity contribution in [3.05, 3.63) is 68.2 Å². The molecule has 61 heavy (non-hydrogen) atoms. The number of aliphatic hydroxyl groups is 4. The zero-order chi connectivity index (χ0) is 44.8. The first-order valence-corrected chi connectivity index (χ1v) is 21.7. The minimum absolute atomic E-state index is 0.155. The Labute approximate surface area is 338 Å². The molecule has 3 fully saturated rings. The molecule has 3 aliphatic heterocycles. The van der Waals surface area contributed by atoms with Gasteiger partial charge in [-0.15, -0.1) is 0 Å². The summed E-state index contributed by atoms with van der Waals surface area (Å²) < 4.78 is 81.2. The van der Waals surface area contributed by atoms with Gasteiger partial charge in [-0.2, -0.15) is 15.0 Å². The van der Waals surface area contributed by atoms with Crippen LogP contribution in [0.25, 0.3) is 0 Å². The van der Waals surface area contributed by atoms with Crippen LogP contribution in [0.1, 0.15) is 18.7 Å². The molecule has 338 valence electrons. The quantitative estimate of drug-likeness (QED) is 0.0598. The second kappa shape index (κ2) is 18.1. The maximum atomic E-state index is 13.3. The number of nitrogens with two attached hydrogens (primary N) is 3. The first-order chi connectivity index (χ1) is 28.4. The maximum Gasteiger partial charge on any atom is 0.472 e. The Morgan fingerprint density at radius 3 is 1.23 bits per heavy atom. The first kappa shape index (κ1) is 46.6. The van der Waals surface area contributed by atoms with Gasteiger partial charge in [-0.1, -0.05) is 0 Å². The Morgan fingerprint density at radius 1 is 0.541 bits per heavy atom. The lowest BCUT2D eigenvalue weighted by Crippen LogP contribution is -2.39. The van der Waals surface area contributed by atoms with Crippen LogP contribution < -0.4 is 34.3 Å². The van der Waals surface area contributed by atoms with Crippen LogP contribution in [0.15, 0.2) is 51.2 Å². The topological polar surface area (TPSA) is 470 Å². The normalized spacial score (nSPS) is 32.5.